The number of ether oxygens (including phenoxy) is 2. The van der Waals surface area contributed by atoms with E-state index in [0.717, 1.165) is 11.4 Å². The van der Waals surface area contributed by atoms with E-state index in [9.17, 15) is 9.18 Å². The predicted molar refractivity (Wildman–Crippen MR) is 112 cm³/mol. The van der Waals surface area contributed by atoms with Gasteiger partial charge in [0.1, 0.15) is 11.6 Å². The van der Waals surface area contributed by atoms with Gasteiger partial charge in [-0.05, 0) is 36.4 Å². The molecule has 2 amide bonds. The Hall–Kier alpha value is -3.62. The topological polar surface area (TPSA) is 79.8 Å². The molecule has 0 radical (unpaired) electrons. The molecule has 30 heavy (non-hydrogen) atoms. The number of nitrogens with one attached hydrogen (secondary N) is 1. The van der Waals surface area contributed by atoms with Gasteiger partial charge in [0.15, 0.2) is 5.82 Å². The molecule has 156 valence electrons. The third kappa shape index (κ3) is 4.05. The van der Waals surface area contributed by atoms with E-state index in [-0.39, 0.29) is 17.7 Å². The number of fused-ring (bicyclic) bond motifs is 1. The summed E-state index contributed by atoms with van der Waals surface area (Å²) < 4.78 is 23.8. The van der Waals surface area contributed by atoms with Gasteiger partial charge in [0, 0.05) is 37.9 Å². The molecular weight excluding hydrogens is 389 g/mol. The summed E-state index contributed by atoms with van der Waals surface area (Å²) in [5.74, 6) is 0.743. The van der Waals surface area contributed by atoms with Crippen LogP contribution in [-0.4, -0.2) is 61.3 Å². The number of methoxy groups -OCH3 is 2. The van der Waals surface area contributed by atoms with Gasteiger partial charge >= 0.3 is 6.03 Å². The second kappa shape index (κ2) is 8.40. The van der Waals surface area contributed by atoms with E-state index < -0.39 is 5.82 Å². The molecule has 4 rings (SSSR count). The Labute approximate surface area is 173 Å². The van der Waals surface area contributed by atoms with Gasteiger partial charge in [-0.1, -0.05) is 0 Å². The van der Waals surface area contributed by atoms with E-state index in [2.05, 4.69) is 20.2 Å². The molecule has 1 saturated heterocycles. The van der Waals surface area contributed by atoms with Gasteiger partial charge < -0.3 is 19.3 Å². The van der Waals surface area contributed by atoms with Gasteiger partial charge in [0.2, 0.25) is 0 Å². The van der Waals surface area contributed by atoms with Crippen molar-refractivity contribution >= 4 is 28.6 Å². The number of amides is 2. The minimum atomic E-state index is -0.412. The summed E-state index contributed by atoms with van der Waals surface area (Å²) in [4.78, 5) is 25.3. The molecule has 1 aromatic heterocycles. The van der Waals surface area contributed by atoms with Crippen LogP contribution < -0.4 is 19.7 Å². The van der Waals surface area contributed by atoms with E-state index in [4.69, 9.17) is 9.47 Å². The molecule has 0 aliphatic carbocycles. The number of nitrogens with zero attached hydrogens (tertiary/aromatic N) is 4. The Balaban J connectivity index is 1.42. The molecule has 1 aliphatic heterocycles. The first-order valence-electron chi connectivity index (χ1n) is 9.53. The third-order valence-electron chi connectivity index (χ3n) is 5.02. The van der Waals surface area contributed by atoms with Crippen LogP contribution in [-0.2, 0) is 0 Å². The molecule has 3 aromatic rings. The van der Waals surface area contributed by atoms with Gasteiger partial charge in [-0.3, -0.25) is 5.32 Å². The van der Waals surface area contributed by atoms with Crippen molar-refractivity contribution < 1.29 is 18.7 Å². The molecule has 0 unspecified atom stereocenters. The lowest BCUT2D eigenvalue weighted by Gasteiger charge is -2.36. The average Bonchev–Trinajstić information content (AvgIpc) is 2.79. The minimum Gasteiger partial charge on any atom is -0.497 e. The highest BCUT2D eigenvalue weighted by molar-refractivity contribution is 5.91. The van der Waals surface area contributed by atoms with Crippen LogP contribution in [0.1, 0.15) is 0 Å². The number of anilines is 2. The lowest BCUT2D eigenvalue weighted by atomic mass is 10.2. The lowest BCUT2D eigenvalue weighted by Crippen LogP contribution is -2.50. The lowest BCUT2D eigenvalue weighted by molar-refractivity contribution is 0.208. The molecule has 0 atom stereocenters. The molecule has 2 aromatic carbocycles. The van der Waals surface area contributed by atoms with Crippen molar-refractivity contribution in [2.45, 2.75) is 0 Å². The zero-order chi connectivity index (χ0) is 21.1. The van der Waals surface area contributed by atoms with Crippen molar-refractivity contribution in [2.24, 2.45) is 0 Å². The van der Waals surface area contributed by atoms with Crippen LogP contribution in [0.2, 0.25) is 0 Å². The standard InChI is InChI=1S/C21H22FN5O3/c1-29-16-6-4-15(5-7-16)26-9-11-27(12-10-26)21(28)25-19-20(30-2)24-18-13-14(22)3-8-17(18)23-19/h3-8,13H,9-12H2,1-2H3,(H,23,25,28). The summed E-state index contributed by atoms with van der Waals surface area (Å²) in [5, 5.41) is 2.77. The Kier molecular flexibility index (Phi) is 5.51. The highest BCUT2D eigenvalue weighted by Gasteiger charge is 2.23. The van der Waals surface area contributed by atoms with E-state index in [1.54, 1.807) is 12.0 Å². The number of urea groups is 1. The maximum absolute atomic E-state index is 13.4. The summed E-state index contributed by atoms with van der Waals surface area (Å²) in [5.41, 5.74) is 1.92. The van der Waals surface area contributed by atoms with E-state index in [1.807, 2.05) is 24.3 Å². The van der Waals surface area contributed by atoms with Gasteiger partial charge in [0.05, 0.1) is 25.3 Å². The van der Waals surface area contributed by atoms with Gasteiger partial charge in [-0.2, -0.15) is 0 Å². The second-order valence-corrected chi connectivity index (χ2v) is 6.82. The molecular formula is C21H22FN5O3. The number of hydrogen-bond acceptors (Lipinski definition) is 6. The zero-order valence-electron chi connectivity index (χ0n) is 16.8. The fourth-order valence-corrected chi connectivity index (χ4v) is 3.38. The number of benzene rings is 2. The molecule has 1 N–H and O–H groups in total. The maximum Gasteiger partial charge on any atom is 0.323 e. The number of halogens is 1. The SMILES string of the molecule is COc1ccc(N2CCN(C(=O)Nc3nc4ccc(F)cc4nc3OC)CC2)cc1. The first-order valence-corrected chi connectivity index (χ1v) is 9.53. The highest BCUT2D eigenvalue weighted by Crippen LogP contribution is 2.25. The Morgan fingerprint density at radius 3 is 2.37 bits per heavy atom. The molecule has 2 heterocycles. The summed E-state index contributed by atoms with van der Waals surface area (Å²) >= 11 is 0. The molecule has 0 bridgehead atoms. The number of carbonyl (C=O) groups is 1. The highest BCUT2D eigenvalue weighted by atomic mass is 19.1. The molecule has 1 aliphatic rings. The zero-order valence-corrected chi connectivity index (χ0v) is 16.8. The van der Waals surface area contributed by atoms with Crippen LogP contribution in [0.4, 0.5) is 20.7 Å². The molecule has 1 fully saturated rings. The fraction of sp³-hybridized carbons (Fsp3) is 0.286. The van der Waals surface area contributed by atoms with Gasteiger partial charge in [-0.15, -0.1) is 0 Å². The van der Waals surface area contributed by atoms with Crippen molar-refractivity contribution in [3.8, 4) is 11.6 Å². The Bertz CT molecular complexity index is 1050. The van der Waals surface area contributed by atoms with Gasteiger partial charge in [0.25, 0.3) is 5.88 Å². The molecule has 9 heteroatoms. The van der Waals surface area contributed by atoms with E-state index >= 15 is 0 Å². The average molecular weight is 411 g/mol. The summed E-state index contributed by atoms with van der Waals surface area (Å²) in [6.07, 6.45) is 0. The van der Waals surface area contributed by atoms with Crippen molar-refractivity contribution in [2.75, 3.05) is 50.6 Å². The number of piperazine rings is 1. The number of rotatable bonds is 4. The number of hydrogen-bond donors (Lipinski definition) is 1. The number of aromatic nitrogens is 2. The van der Waals surface area contributed by atoms with Crippen LogP contribution in [0.5, 0.6) is 11.6 Å². The van der Waals surface area contributed by atoms with E-state index in [0.29, 0.717) is 37.2 Å². The summed E-state index contributed by atoms with van der Waals surface area (Å²) in [7, 11) is 3.07. The quantitative estimate of drug-likeness (QED) is 0.711. The van der Waals surface area contributed by atoms with Crippen LogP contribution in [0.15, 0.2) is 42.5 Å². The predicted octanol–water partition coefficient (Wildman–Crippen LogP) is 3.14. The van der Waals surface area contributed by atoms with Crippen LogP contribution in [0.25, 0.3) is 11.0 Å². The normalized spacial score (nSPS) is 14.0. The molecule has 0 saturated carbocycles. The second-order valence-electron chi connectivity index (χ2n) is 6.82. The summed E-state index contributed by atoms with van der Waals surface area (Å²) in [6, 6.07) is 11.7. The van der Waals surface area contributed by atoms with Crippen molar-refractivity contribution in [1.29, 1.82) is 0 Å². The van der Waals surface area contributed by atoms with Crippen LogP contribution >= 0.6 is 0 Å². The fourth-order valence-electron chi connectivity index (χ4n) is 3.38. The maximum atomic E-state index is 13.4. The third-order valence-corrected chi connectivity index (χ3v) is 5.02. The monoisotopic (exact) mass is 411 g/mol. The first-order chi connectivity index (χ1) is 14.6. The minimum absolute atomic E-state index is 0.137. The Morgan fingerprint density at radius 1 is 0.967 bits per heavy atom. The largest absolute Gasteiger partial charge is 0.497 e. The number of carbonyl (C=O) groups excluding carboxylic acids is 1. The molecule has 8 nitrogen and oxygen atoms in total. The first kappa shape index (κ1) is 19.7. The smallest absolute Gasteiger partial charge is 0.323 e. The van der Waals surface area contributed by atoms with Crippen molar-refractivity contribution in [1.82, 2.24) is 14.9 Å². The Morgan fingerprint density at radius 2 is 1.70 bits per heavy atom. The van der Waals surface area contributed by atoms with Crippen molar-refractivity contribution in [3.05, 3.63) is 48.3 Å². The van der Waals surface area contributed by atoms with Crippen LogP contribution in [0.3, 0.4) is 0 Å². The van der Waals surface area contributed by atoms with Crippen molar-refractivity contribution in [3.63, 3.8) is 0 Å². The van der Waals surface area contributed by atoms with Crippen LogP contribution in [0, 0.1) is 5.82 Å². The molecule has 0 spiro atoms. The van der Waals surface area contributed by atoms with Gasteiger partial charge in [-0.25, -0.2) is 19.2 Å². The summed E-state index contributed by atoms with van der Waals surface area (Å²) in [6.45, 7) is 2.54. The van der Waals surface area contributed by atoms with E-state index in [1.165, 1.54) is 25.3 Å².